The van der Waals surface area contributed by atoms with Gasteiger partial charge in [0.05, 0.1) is 0 Å². The lowest BCUT2D eigenvalue weighted by atomic mass is 10.1. The number of alkyl carbamates (subject to hydrolysis) is 1. The van der Waals surface area contributed by atoms with Gasteiger partial charge in [-0.3, -0.25) is 0 Å². The molecule has 0 aromatic heterocycles. The van der Waals surface area contributed by atoms with E-state index < -0.39 is 6.09 Å². The molecular weight excluding hydrogens is 307 g/mol. The van der Waals surface area contributed by atoms with Crippen LogP contribution in [0.25, 0.3) is 6.08 Å². The number of amides is 1. The standard InChI is InChI=1S/C19H21FN2O2/c1-14-11-17(20)16(12-18(14)21)9-5-6-10-22-19(23)24-13-15-7-3-2-4-8-15/h2-5,7-9,11-12H,6,10,13,21H2,1H3,(H,22,23). The number of hydrogen-bond donors (Lipinski definition) is 2. The summed E-state index contributed by atoms with van der Waals surface area (Å²) >= 11 is 0. The molecule has 1 amide bonds. The van der Waals surface area contributed by atoms with Gasteiger partial charge in [0, 0.05) is 17.8 Å². The summed E-state index contributed by atoms with van der Waals surface area (Å²) in [7, 11) is 0. The first-order chi connectivity index (χ1) is 11.6. The van der Waals surface area contributed by atoms with Crippen LogP contribution < -0.4 is 11.1 Å². The zero-order chi connectivity index (χ0) is 17.4. The summed E-state index contributed by atoms with van der Waals surface area (Å²) in [5, 5.41) is 2.64. The van der Waals surface area contributed by atoms with E-state index in [2.05, 4.69) is 5.32 Å². The van der Waals surface area contributed by atoms with E-state index in [-0.39, 0.29) is 12.4 Å². The van der Waals surface area contributed by atoms with Crippen LogP contribution in [0.1, 0.15) is 23.1 Å². The smallest absolute Gasteiger partial charge is 0.407 e. The van der Waals surface area contributed by atoms with E-state index in [9.17, 15) is 9.18 Å². The number of nitrogens with one attached hydrogen (secondary N) is 1. The van der Waals surface area contributed by atoms with Crippen molar-refractivity contribution in [1.82, 2.24) is 5.32 Å². The Kier molecular flexibility index (Phi) is 6.37. The van der Waals surface area contributed by atoms with Crippen molar-refractivity contribution in [3.8, 4) is 0 Å². The number of anilines is 1. The van der Waals surface area contributed by atoms with E-state index in [1.165, 1.54) is 6.07 Å². The van der Waals surface area contributed by atoms with Crippen LogP contribution in [0, 0.1) is 12.7 Å². The molecule has 5 heteroatoms. The van der Waals surface area contributed by atoms with E-state index in [4.69, 9.17) is 10.5 Å². The minimum absolute atomic E-state index is 0.233. The fourth-order valence-corrected chi connectivity index (χ4v) is 2.08. The van der Waals surface area contributed by atoms with E-state index in [0.29, 0.717) is 29.8 Å². The van der Waals surface area contributed by atoms with Crippen molar-refractivity contribution in [2.45, 2.75) is 20.0 Å². The van der Waals surface area contributed by atoms with Crippen LogP contribution in [0.2, 0.25) is 0 Å². The molecule has 0 radical (unpaired) electrons. The Bertz CT molecular complexity index is 715. The van der Waals surface area contributed by atoms with Crippen molar-refractivity contribution >= 4 is 17.9 Å². The number of carbonyl (C=O) groups excluding carboxylic acids is 1. The van der Waals surface area contributed by atoms with Gasteiger partial charge in [-0.1, -0.05) is 42.5 Å². The van der Waals surface area contributed by atoms with Crippen LogP contribution in [0.4, 0.5) is 14.9 Å². The van der Waals surface area contributed by atoms with E-state index in [0.717, 1.165) is 5.56 Å². The third kappa shape index (κ3) is 5.43. The molecular formula is C19H21FN2O2. The SMILES string of the molecule is Cc1cc(F)c(C=CCCNC(=O)OCc2ccccc2)cc1N. The molecule has 0 saturated carbocycles. The zero-order valence-corrected chi connectivity index (χ0v) is 13.6. The predicted octanol–water partition coefficient (Wildman–Crippen LogP) is 4.05. The van der Waals surface area contributed by atoms with Crippen molar-refractivity contribution in [3.63, 3.8) is 0 Å². The summed E-state index contributed by atoms with van der Waals surface area (Å²) in [6.07, 6.45) is 3.53. The predicted molar refractivity (Wildman–Crippen MR) is 93.8 cm³/mol. The molecule has 0 bridgehead atoms. The highest BCUT2D eigenvalue weighted by Crippen LogP contribution is 2.18. The Morgan fingerprint density at radius 1 is 1.29 bits per heavy atom. The molecule has 126 valence electrons. The van der Waals surface area contributed by atoms with Crippen LogP contribution in [-0.4, -0.2) is 12.6 Å². The molecule has 0 atom stereocenters. The molecule has 4 nitrogen and oxygen atoms in total. The Hall–Kier alpha value is -2.82. The highest BCUT2D eigenvalue weighted by Gasteiger charge is 2.03. The zero-order valence-electron chi connectivity index (χ0n) is 13.6. The van der Waals surface area contributed by atoms with Gasteiger partial charge < -0.3 is 15.8 Å². The maximum absolute atomic E-state index is 13.7. The van der Waals surface area contributed by atoms with E-state index in [1.807, 2.05) is 30.3 Å². The highest BCUT2D eigenvalue weighted by atomic mass is 19.1. The molecule has 3 N–H and O–H groups in total. The Morgan fingerprint density at radius 2 is 2.04 bits per heavy atom. The molecule has 0 aliphatic rings. The first-order valence-electron chi connectivity index (χ1n) is 7.73. The van der Waals surface area contributed by atoms with Gasteiger partial charge in [0.1, 0.15) is 12.4 Å². The topological polar surface area (TPSA) is 64.3 Å². The summed E-state index contributed by atoms with van der Waals surface area (Å²) in [5.41, 5.74) is 8.40. The van der Waals surface area contributed by atoms with Gasteiger partial charge in [0.25, 0.3) is 0 Å². The lowest BCUT2D eigenvalue weighted by Gasteiger charge is -2.06. The van der Waals surface area contributed by atoms with E-state index >= 15 is 0 Å². The molecule has 0 heterocycles. The number of hydrogen-bond acceptors (Lipinski definition) is 3. The lowest BCUT2D eigenvalue weighted by molar-refractivity contribution is 0.140. The fraction of sp³-hybridized carbons (Fsp3) is 0.211. The van der Waals surface area contributed by atoms with Gasteiger partial charge >= 0.3 is 6.09 Å². The normalized spacial score (nSPS) is 10.8. The Balaban J connectivity index is 1.70. The molecule has 0 saturated heterocycles. The maximum Gasteiger partial charge on any atom is 0.407 e. The van der Waals surface area contributed by atoms with Crippen LogP contribution >= 0.6 is 0 Å². The second-order valence-electron chi connectivity index (χ2n) is 5.41. The van der Waals surface area contributed by atoms with Gasteiger partial charge in [-0.2, -0.15) is 0 Å². The van der Waals surface area contributed by atoms with Crippen molar-refractivity contribution in [2.24, 2.45) is 0 Å². The van der Waals surface area contributed by atoms with Crippen molar-refractivity contribution in [3.05, 3.63) is 71.0 Å². The fourth-order valence-electron chi connectivity index (χ4n) is 2.08. The molecule has 0 unspecified atom stereocenters. The molecule has 0 spiro atoms. The summed E-state index contributed by atoms with van der Waals surface area (Å²) in [6.45, 7) is 2.40. The molecule has 0 aliphatic heterocycles. The van der Waals surface area contributed by atoms with Gasteiger partial charge in [0.15, 0.2) is 0 Å². The van der Waals surface area contributed by atoms with Crippen molar-refractivity contribution in [2.75, 3.05) is 12.3 Å². The second-order valence-corrected chi connectivity index (χ2v) is 5.41. The minimum Gasteiger partial charge on any atom is -0.445 e. The quantitative estimate of drug-likeness (QED) is 0.621. The number of halogens is 1. The minimum atomic E-state index is -0.474. The molecule has 0 fully saturated rings. The molecule has 2 aromatic rings. The number of rotatable bonds is 6. The second kappa shape index (κ2) is 8.72. The average Bonchev–Trinajstić information content (AvgIpc) is 2.58. The number of benzene rings is 2. The van der Waals surface area contributed by atoms with E-state index in [1.54, 1.807) is 25.1 Å². The van der Waals surface area contributed by atoms with Crippen LogP contribution in [-0.2, 0) is 11.3 Å². The third-order valence-corrected chi connectivity index (χ3v) is 3.48. The summed E-state index contributed by atoms with van der Waals surface area (Å²) in [5.74, 6) is -0.312. The largest absolute Gasteiger partial charge is 0.445 e. The van der Waals surface area contributed by atoms with Gasteiger partial charge in [-0.05, 0) is 36.6 Å². The van der Waals surface area contributed by atoms with Gasteiger partial charge in [-0.15, -0.1) is 0 Å². The van der Waals surface area contributed by atoms with Crippen molar-refractivity contribution < 1.29 is 13.9 Å². The number of nitrogen functional groups attached to an aromatic ring is 1. The number of aryl methyl sites for hydroxylation is 1. The summed E-state index contributed by atoms with van der Waals surface area (Å²) in [4.78, 5) is 11.6. The average molecular weight is 328 g/mol. The monoisotopic (exact) mass is 328 g/mol. The lowest BCUT2D eigenvalue weighted by Crippen LogP contribution is -2.24. The first kappa shape index (κ1) is 17.5. The Labute approximate surface area is 141 Å². The number of nitrogens with two attached hydrogens (primary N) is 1. The van der Waals surface area contributed by atoms with Crippen molar-refractivity contribution in [1.29, 1.82) is 0 Å². The maximum atomic E-state index is 13.7. The van der Waals surface area contributed by atoms with Crippen LogP contribution in [0.3, 0.4) is 0 Å². The number of carbonyl (C=O) groups is 1. The number of ether oxygens (including phenoxy) is 1. The highest BCUT2D eigenvalue weighted by molar-refractivity contribution is 5.67. The molecule has 2 rings (SSSR count). The van der Waals surface area contributed by atoms with Gasteiger partial charge in [-0.25, -0.2) is 9.18 Å². The molecule has 24 heavy (non-hydrogen) atoms. The molecule has 0 aliphatic carbocycles. The van der Waals surface area contributed by atoms with Crippen LogP contribution in [0.5, 0.6) is 0 Å². The Morgan fingerprint density at radius 3 is 2.79 bits per heavy atom. The first-order valence-corrected chi connectivity index (χ1v) is 7.73. The summed E-state index contributed by atoms with van der Waals surface area (Å²) in [6, 6.07) is 12.5. The third-order valence-electron chi connectivity index (χ3n) is 3.48. The molecule has 2 aromatic carbocycles. The van der Waals surface area contributed by atoms with Crippen LogP contribution in [0.15, 0.2) is 48.5 Å². The summed E-state index contributed by atoms with van der Waals surface area (Å²) < 4.78 is 18.8. The van der Waals surface area contributed by atoms with Gasteiger partial charge in [0.2, 0.25) is 0 Å².